The number of hydrogen-bond acceptors (Lipinski definition) is 1. The molecule has 0 fully saturated rings. The first-order valence-corrected chi connectivity index (χ1v) is 14.0. The lowest BCUT2D eigenvalue weighted by atomic mass is 9.75. The molecule has 2 aromatic rings. The Kier molecular flexibility index (Phi) is 11.5. The van der Waals surface area contributed by atoms with Crippen molar-refractivity contribution in [3.05, 3.63) is 125 Å². The third-order valence-electron chi connectivity index (χ3n) is 7.90. The maximum atomic E-state index is 12.9. The monoisotopic (exact) mass is 505 g/mol. The molecule has 2 unspecified atom stereocenters. The van der Waals surface area contributed by atoms with Crippen LogP contribution in [0.15, 0.2) is 102 Å². The lowest BCUT2D eigenvalue weighted by Crippen LogP contribution is -2.16. The summed E-state index contributed by atoms with van der Waals surface area (Å²) in [6, 6.07) is 15.5. The van der Waals surface area contributed by atoms with Gasteiger partial charge < -0.3 is 0 Å². The molecule has 3 rings (SSSR count). The molecule has 2 heteroatoms. The van der Waals surface area contributed by atoms with Crippen LogP contribution in [0.3, 0.4) is 0 Å². The second-order valence-corrected chi connectivity index (χ2v) is 10.5. The van der Waals surface area contributed by atoms with E-state index in [1.54, 1.807) is 6.08 Å². The fourth-order valence-electron chi connectivity index (χ4n) is 5.72. The largest absolute Gasteiger partial charge is 0.276 e. The summed E-state index contributed by atoms with van der Waals surface area (Å²) in [6.07, 6.45) is 17.3. The van der Waals surface area contributed by atoms with Crippen molar-refractivity contribution < 1.29 is 4.79 Å². The number of fused-ring (bicyclic) bond motifs is 1. The molecule has 0 spiro atoms. The molecule has 2 atom stereocenters. The molecule has 0 aliphatic heterocycles. The Balaban J connectivity index is 1.91. The Hall–Kier alpha value is -3.48. The first-order chi connectivity index (χ1) is 18.5. The third-order valence-corrected chi connectivity index (χ3v) is 7.90. The molecule has 0 saturated carbocycles. The van der Waals surface area contributed by atoms with E-state index in [9.17, 15) is 4.79 Å². The smallest absolute Gasteiger partial charge is 0.267 e. The highest BCUT2D eigenvalue weighted by Crippen LogP contribution is 2.41. The minimum absolute atomic E-state index is 0.117. The van der Waals surface area contributed by atoms with Crippen molar-refractivity contribution >= 4 is 12.6 Å². The van der Waals surface area contributed by atoms with Crippen LogP contribution < -0.4 is 0 Å². The molecule has 198 valence electrons. The number of hydrogen-bond donors (Lipinski definition) is 0. The minimum Gasteiger partial charge on any atom is -0.267 e. The predicted molar refractivity (Wildman–Crippen MR) is 163 cm³/mol. The number of nitrogens with zero attached hydrogens (tertiary/aromatic N) is 1. The van der Waals surface area contributed by atoms with Crippen LogP contribution in [-0.2, 0) is 17.6 Å². The van der Waals surface area contributed by atoms with Crippen LogP contribution in [0.1, 0.15) is 78.7 Å². The zero-order valence-corrected chi connectivity index (χ0v) is 23.3. The summed E-state index contributed by atoms with van der Waals surface area (Å²) in [5.41, 5.74) is 11.4. The summed E-state index contributed by atoms with van der Waals surface area (Å²) in [6.45, 7) is 15.7. The van der Waals surface area contributed by atoms with E-state index in [2.05, 4.69) is 99.1 Å². The van der Waals surface area contributed by atoms with Crippen molar-refractivity contribution in [2.75, 3.05) is 0 Å². The van der Waals surface area contributed by atoms with Crippen LogP contribution >= 0.6 is 0 Å². The lowest BCUT2D eigenvalue weighted by molar-refractivity contribution is -0.114. The molecule has 1 aliphatic carbocycles. The second kappa shape index (κ2) is 15.1. The van der Waals surface area contributed by atoms with Gasteiger partial charge in [0, 0.05) is 11.5 Å². The van der Waals surface area contributed by atoms with E-state index in [4.69, 9.17) is 0 Å². The van der Waals surface area contributed by atoms with E-state index >= 15 is 0 Å². The molecule has 0 heterocycles. The number of carbonyl (C=O) groups excluding carboxylic acids is 1. The van der Waals surface area contributed by atoms with Gasteiger partial charge in [0.2, 0.25) is 0 Å². The van der Waals surface area contributed by atoms with Crippen molar-refractivity contribution in [1.29, 1.82) is 0 Å². The zero-order valence-electron chi connectivity index (χ0n) is 23.3. The fraction of sp³-hybridized carbons (Fsp3) is 0.361. The average Bonchev–Trinajstić information content (AvgIpc) is 2.92. The van der Waals surface area contributed by atoms with Crippen LogP contribution in [0, 0.1) is 19.8 Å². The summed E-state index contributed by atoms with van der Waals surface area (Å²) < 4.78 is 0. The van der Waals surface area contributed by atoms with E-state index in [1.807, 2.05) is 6.08 Å². The maximum Gasteiger partial charge on any atom is 0.276 e. The quantitative estimate of drug-likeness (QED) is 0.209. The number of carbonyl (C=O) groups is 1. The standard InChI is InChI=1S/C36H43NO/c1-6-8-10-16-30(20-13-19-29-17-11-9-12-18-29)23-24-33-32(15-7-2)34(36(38)37-5)22-14-21-31-25-27(3)28(4)26-35(31)33/h7-9,11-12,15,17-18,22,25-26,30,33H,1-2,5,10,13-14,16,19-21,23-24H2,3-4H3. The van der Waals surface area contributed by atoms with Gasteiger partial charge in [-0.15, -0.1) is 5.73 Å². The van der Waals surface area contributed by atoms with Crippen LogP contribution in [0.2, 0.25) is 0 Å². The minimum atomic E-state index is -0.245. The molecule has 38 heavy (non-hydrogen) atoms. The van der Waals surface area contributed by atoms with Gasteiger partial charge in [0.1, 0.15) is 0 Å². The van der Waals surface area contributed by atoms with Crippen LogP contribution in [-0.4, -0.2) is 12.6 Å². The summed E-state index contributed by atoms with van der Waals surface area (Å²) >= 11 is 0. The van der Waals surface area contributed by atoms with Crippen LogP contribution in [0.25, 0.3) is 0 Å². The van der Waals surface area contributed by atoms with Crippen LogP contribution in [0.4, 0.5) is 0 Å². The first-order valence-electron chi connectivity index (χ1n) is 14.0. The number of rotatable bonds is 12. The van der Waals surface area contributed by atoms with Gasteiger partial charge in [-0.05, 0) is 117 Å². The van der Waals surface area contributed by atoms with E-state index in [0.717, 1.165) is 50.5 Å². The van der Waals surface area contributed by atoms with Gasteiger partial charge in [-0.25, -0.2) is 4.99 Å². The Morgan fingerprint density at radius 3 is 2.61 bits per heavy atom. The van der Waals surface area contributed by atoms with Gasteiger partial charge in [0.15, 0.2) is 0 Å². The molecule has 0 saturated heterocycles. The van der Waals surface area contributed by atoms with Crippen molar-refractivity contribution in [2.24, 2.45) is 10.9 Å². The Morgan fingerprint density at radius 2 is 1.89 bits per heavy atom. The number of allylic oxidation sites excluding steroid dienone is 4. The Bertz CT molecular complexity index is 1220. The van der Waals surface area contributed by atoms with Gasteiger partial charge in [-0.2, -0.15) is 0 Å². The summed E-state index contributed by atoms with van der Waals surface area (Å²) in [5.74, 6) is 0.464. The average molecular weight is 506 g/mol. The normalized spacial score (nSPS) is 16.8. The highest BCUT2D eigenvalue weighted by atomic mass is 16.1. The predicted octanol–water partition coefficient (Wildman–Crippen LogP) is 9.14. The molecule has 2 aromatic carbocycles. The van der Waals surface area contributed by atoms with Crippen molar-refractivity contribution in [3.63, 3.8) is 0 Å². The van der Waals surface area contributed by atoms with Crippen molar-refractivity contribution in [3.8, 4) is 0 Å². The molecule has 0 radical (unpaired) electrons. The topological polar surface area (TPSA) is 29.4 Å². The van der Waals surface area contributed by atoms with Gasteiger partial charge in [0.05, 0.1) is 0 Å². The number of aliphatic imine (C=N–C) groups is 1. The molecule has 0 aromatic heterocycles. The van der Waals surface area contributed by atoms with E-state index in [-0.39, 0.29) is 11.8 Å². The van der Waals surface area contributed by atoms with E-state index in [0.29, 0.717) is 11.5 Å². The fourth-order valence-corrected chi connectivity index (χ4v) is 5.72. The molecular formula is C36H43NO. The SMILES string of the molecule is C=C=CCCC(CCCc1ccccc1)CCC1C(=CC=C)C(C(=O)N=C)=CCCc2cc(C)c(C)cc21. The summed E-state index contributed by atoms with van der Waals surface area (Å²) in [5, 5.41) is 0. The Labute approximate surface area is 230 Å². The van der Waals surface area contributed by atoms with Crippen molar-refractivity contribution in [1.82, 2.24) is 0 Å². The molecule has 2 nitrogen and oxygen atoms in total. The van der Waals surface area contributed by atoms with Gasteiger partial charge >= 0.3 is 0 Å². The van der Waals surface area contributed by atoms with Gasteiger partial charge in [-0.1, -0.05) is 80.3 Å². The zero-order chi connectivity index (χ0) is 27.3. The highest BCUT2D eigenvalue weighted by molar-refractivity contribution is 6.00. The molecule has 1 aliphatic rings. The van der Waals surface area contributed by atoms with Crippen LogP contribution in [0.5, 0.6) is 0 Å². The number of amides is 1. The molecule has 0 bridgehead atoms. The van der Waals surface area contributed by atoms with Gasteiger partial charge in [-0.3, -0.25) is 4.79 Å². The number of aryl methyl sites for hydroxylation is 4. The van der Waals surface area contributed by atoms with Gasteiger partial charge in [0.25, 0.3) is 5.91 Å². The van der Waals surface area contributed by atoms with E-state index in [1.165, 1.54) is 40.7 Å². The lowest BCUT2D eigenvalue weighted by Gasteiger charge is -2.29. The summed E-state index contributed by atoms with van der Waals surface area (Å²) in [4.78, 5) is 16.7. The summed E-state index contributed by atoms with van der Waals surface area (Å²) in [7, 11) is 0. The molecule has 0 N–H and O–H groups in total. The Morgan fingerprint density at radius 1 is 1.13 bits per heavy atom. The second-order valence-electron chi connectivity index (χ2n) is 10.5. The van der Waals surface area contributed by atoms with Crippen molar-refractivity contribution in [2.45, 2.75) is 77.6 Å². The van der Waals surface area contributed by atoms with E-state index < -0.39 is 0 Å². The number of benzene rings is 2. The third kappa shape index (κ3) is 8.01. The molecule has 1 amide bonds. The first kappa shape index (κ1) is 29.1. The maximum absolute atomic E-state index is 12.9. The highest BCUT2D eigenvalue weighted by Gasteiger charge is 2.28. The molecular weight excluding hydrogens is 462 g/mol.